The summed E-state index contributed by atoms with van der Waals surface area (Å²) in [6.45, 7) is 3.90. The molecule has 4 rings (SSSR count). The van der Waals surface area contributed by atoms with Crippen LogP contribution >= 0.6 is 0 Å². The maximum absolute atomic E-state index is 12.2. The minimum Gasteiger partial charge on any atom is -0.340 e. The zero-order valence-electron chi connectivity index (χ0n) is 17.3. The number of aryl methyl sites for hydroxylation is 2. The number of anilines is 5. The van der Waals surface area contributed by atoms with E-state index in [1.807, 2.05) is 61.5 Å². The van der Waals surface area contributed by atoms with E-state index in [2.05, 4.69) is 37.8 Å². The van der Waals surface area contributed by atoms with Crippen molar-refractivity contribution < 1.29 is 4.79 Å². The minimum absolute atomic E-state index is 0.250. The summed E-state index contributed by atoms with van der Waals surface area (Å²) in [6.07, 6.45) is 1.59. The van der Waals surface area contributed by atoms with Gasteiger partial charge in [0.05, 0.1) is 0 Å². The number of rotatable bonds is 6. The van der Waals surface area contributed by atoms with Crippen LogP contribution in [0.1, 0.15) is 21.9 Å². The highest BCUT2D eigenvalue weighted by atomic mass is 16.1. The molecular weight excluding hydrogens is 388 g/mol. The molecule has 0 atom stereocenters. The number of carbonyl (C=O) groups is 1. The lowest BCUT2D eigenvalue weighted by Gasteiger charge is -2.11. The number of pyridine rings is 1. The van der Waals surface area contributed by atoms with Gasteiger partial charge in [0.15, 0.2) is 0 Å². The summed E-state index contributed by atoms with van der Waals surface area (Å²) in [5.74, 6) is 1.78. The first-order valence-corrected chi connectivity index (χ1v) is 9.84. The highest BCUT2D eigenvalue weighted by Crippen LogP contribution is 2.22. The van der Waals surface area contributed by atoms with E-state index >= 15 is 0 Å². The van der Waals surface area contributed by atoms with Crippen molar-refractivity contribution in [1.82, 2.24) is 15.0 Å². The van der Waals surface area contributed by atoms with Gasteiger partial charge in [-0.1, -0.05) is 23.8 Å². The third-order valence-electron chi connectivity index (χ3n) is 4.47. The van der Waals surface area contributed by atoms with Crippen LogP contribution in [-0.2, 0) is 0 Å². The summed E-state index contributed by atoms with van der Waals surface area (Å²) in [5.41, 5.74) is 4.06. The van der Waals surface area contributed by atoms with Gasteiger partial charge in [0.25, 0.3) is 5.91 Å². The van der Waals surface area contributed by atoms with Crippen LogP contribution in [0.4, 0.5) is 28.7 Å². The van der Waals surface area contributed by atoms with E-state index < -0.39 is 0 Å². The van der Waals surface area contributed by atoms with Crippen molar-refractivity contribution in [2.45, 2.75) is 13.8 Å². The smallest absolute Gasteiger partial charge is 0.274 e. The number of aromatic nitrogens is 3. The SMILES string of the molecule is Cc1ccc(Nc2cc(Nc3ccc(NC(=O)c4ccccn4)cc3)nc(C)n2)cc1. The Labute approximate surface area is 180 Å². The minimum atomic E-state index is -0.250. The molecule has 4 aromatic rings. The number of benzene rings is 2. The monoisotopic (exact) mass is 410 g/mol. The summed E-state index contributed by atoms with van der Waals surface area (Å²) >= 11 is 0. The topological polar surface area (TPSA) is 91.8 Å². The summed E-state index contributed by atoms with van der Waals surface area (Å²) in [7, 11) is 0. The van der Waals surface area contributed by atoms with Gasteiger partial charge in [-0.25, -0.2) is 9.97 Å². The van der Waals surface area contributed by atoms with Gasteiger partial charge in [-0.3, -0.25) is 9.78 Å². The van der Waals surface area contributed by atoms with E-state index in [1.165, 1.54) is 5.56 Å². The van der Waals surface area contributed by atoms with Crippen LogP contribution < -0.4 is 16.0 Å². The van der Waals surface area contributed by atoms with Gasteiger partial charge in [-0.2, -0.15) is 0 Å². The predicted molar refractivity (Wildman–Crippen MR) is 123 cm³/mol. The van der Waals surface area contributed by atoms with Crippen LogP contribution in [0.5, 0.6) is 0 Å². The van der Waals surface area contributed by atoms with Crippen molar-refractivity contribution in [2.24, 2.45) is 0 Å². The number of carbonyl (C=O) groups excluding carboxylic acids is 1. The van der Waals surface area contributed by atoms with E-state index in [0.717, 1.165) is 11.4 Å². The molecule has 0 saturated carbocycles. The van der Waals surface area contributed by atoms with Gasteiger partial charge in [0.2, 0.25) is 0 Å². The molecule has 0 aliphatic rings. The van der Waals surface area contributed by atoms with E-state index in [4.69, 9.17) is 0 Å². The molecule has 7 nitrogen and oxygen atoms in total. The Kier molecular flexibility index (Phi) is 5.84. The summed E-state index contributed by atoms with van der Waals surface area (Å²) in [6, 6.07) is 22.6. The fourth-order valence-corrected chi connectivity index (χ4v) is 2.96. The van der Waals surface area contributed by atoms with Crippen molar-refractivity contribution in [3.63, 3.8) is 0 Å². The van der Waals surface area contributed by atoms with E-state index in [9.17, 15) is 4.79 Å². The maximum atomic E-state index is 12.2. The molecule has 0 spiro atoms. The molecule has 0 aliphatic heterocycles. The Bertz CT molecular complexity index is 1180. The summed E-state index contributed by atoms with van der Waals surface area (Å²) in [5, 5.41) is 9.41. The largest absolute Gasteiger partial charge is 0.340 e. The van der Waals surface area contributed by atoms with Crippen molar-refractivity contribution in [1.29, 1.82) is 0 Å². The molecule has 7 heteroatoms. The molecule has 0 aliphatic carbocycles. The number of hydrogen-bond donors (Lipinski definition) is 3. The molecular formula is C24H22N6O. The molecule has 0 unspecified atom stereocenters. The molecule has 1 amide bonds. The number of hydrogen-bond acceptors (Lipinski definition) is 6. The fraction of sp³-hybridized carbons (Fsp3) is 0.0833. The first-order valence-electron chi connectivity index (χ1n) is 9.84. The van der Waals surface area contributed by atoms with Crippen LogP contribution in [0, 0.1) is 13.8 Å². The lowest BCUT2D eigenvalue weighted by atomic mass is 10.2. The first kappa shape index (κ1) is 20.0. The number of nitrogens with zero attached hydrogens (tertiary/aromatic N) is 3. The van der Waals surface area contributed by atoms with Gasteiger partial charge in [0, 0.05) is 29.3 Å². The standard InChI is InChI=1S/C24H22N6O/c1-16-6-8-18(9-7-16)28-22-15-23(27-17(2)26-22)29-19-10-12-20(13-11-19)30-24(31)21-5-3-4-14-25-21/h3-15H,1-2H3,(H,30,31)(H2,26,27,28,29). The Hall–Kier alpha value is -4.26. The summed E-state index contributed by atoms with van der Waals surface area (Å²) < 4.78 is 0. The van der Waals surface area contributed by atoms with E-state index in [1.54, 1.807) is 24.4 Å². The van der Waals surface area contributed by atoms with Crippen LogP contribution in [0.2, 0.25) is 0 Å². The second-order valence-corrected chi connectivity index (χ2v) is 7.05. The van der Waals surface area contributed by atoms with Crippen molar-refractivity contribution in [3.8, 4) is 0 Å². The molecule has 154 valence electrons. The molecule has 0 fully saturated rings. The van der Waals surface area contributed by atoms with Crippen molar-refractivity contribution in [2.75, 3.05) is 16.0 Å². The van der Waals surface area contributed by atoms with Crippen LogP contribution in [0.25, 0.3) is 0 Å². The number of nitrogens with one attached hydrogen (secondary N) is 3. The quantitative estimate of drug-likeness (QED) is 0.403. The van der Waals surface area contributed by atoms with Crippen molar-refractivity contribution in [3.05, 3.63) is 96.1 Å². The first-order chi connectivity index (χ1) is 15.0. The molecule has 2 heterocycles. The number of amides is 1. The zero-order chi connectivity index (χ0) is 21.6. The van der Waals surface area contributed by atoms with Gasteiger partial charge < -0.3 is 16.0 Å². The fourth-order valence-electron chi connectivity index (χ4n) is 2.96. The maximum Gasteiger partial charge on any atom is 0.274 e. The zero-order valence-corrected chi connectivity index (χ0v) is 17.3. The van der Waals surface area contributed by atoms with E-state index in [-0.39, 0.29) is 5.91 Å². The second kappa shape index (κ2) is 9.04. The van der Waals surface area contributed by atoms with Crippen LogP contribution in [0.15, 0.2) is 79.0 Å². The molecule has 2 aromatic heterocycles. The Balaban J connectivity index is 1.43. The lowest BCUT2D eigenvalue weighted by Crippen LogP contribution is -2.13. The highest BCUT2D eigenvalue weighted by molar-refractivity contribution is 6.02. The van der Waals surface area contributed by atoms with Crippen molar-refractivity contribution >= 4 is 34.6 Å². The van der Waals surface area contributed by atoms with Gasteiger partial charge >= 0.3 is 0 Å². The average Bonchev–Trinajstić information content (AvgIpc) is 2.77. The van der Waals surface area contributed by atoms with E-state index in [0.29, 0.717) is 28.8 Å². The lowest BCUT2D eigenvalue weighted by molar-refractivity contribution is 0.102. The second-order valence-electron chi connectivity index (χ2n) is 7.05. The molecule has 2 aromatic carbocycles. The van der Waals surface area contributed by atoms with Crippen LogP contribution in [-0.4, -0.2) is 20.9 Å². The molecule has 0 bridgehead atoms. The average molecular weight is 410 g/mol. The molecule has 3 N–H and O–H groups in total. The summed E-state index contributed by atoms with van der Waals surface area (Å²) in [4.78, 5) is 25.2. The molecule has 0 saturated heterocycles. The highest BCUT2D eigenvalue weighted by Gasteiger charge is 2.07. The van der Waals surface area contributed by atoms with Crippen LogP contribution in [0.3, 0.4) is 0 Å². The van der Waals surface area contributed by atoms with Gasteiger partial charge in [-0.05, 0) is 62.4 Å². The molecule has 31 heavy (non-hydrogen) atoms. The Morgan fingerprint density at radius 1 is 0.742 bits per heavy atom. The van der Waals surface area contributed by atoms with Gasteiger partial charge in [-0.15, -0.1) is 0 Å². The normalized spacial score (nSPS) is 10.4. The van der Waals surface area contributed by atoms with Gasteiger partial charge in [0.1, 0.15) is 23.2 Å². The third-order valence-corrected chi connectivity index (χ3v) is 4.47. The third kappa shape index (κ3) is 5.42. The molecule has 0 radical (unpaired) electrons. The Morgan fingerprint density at radius 2 is 1.32 bits per heavy atom. The predicted octanol–water partition coefficient (Wildman–Crippen LogP) is 5.23. The Morgan fingerprint density at radius 3 is 1.90 bits per heavy atom.